The summed E-state index contributed by atoms with van der Waals surface area (Å²) < 4.78 is 24.3. The first kappa shape index (κ1) is 19.2. The predicted molar refractivity (Wildman–Crippen MR) is 94.9 cm³/mol. The zero-order chi connectivity index (χ0) is 18.6. The third-order valence-corrected chi connectivity index (χ3v) is 5.50. The van der Waals surface area contributed by atoms with Gasteiger partial charge in [0.2, 0.25) is 5.91 Å². The molecule has 0 aromatic heterocycles. The van der Waals surface area contributed by atoms with Crippen molar-refractivity contribution < 1.29 is 18.1 Å². The van der Waals surface area contributed by atoms with Gasteiger partial charge in [0.25, 0.3) is 5.69 Å². The molecule has 0 fully saturated rings. The summed E-state index contributed by atoms with van der Waals surface area (Å²) in [7, 11) is -3.64. The number of hydrogen-bond acceptors (Lipinski definition) is 5. The number of sulfone groups is 1. The Balaban J connectivity index is 2.02. The third kappa shape index (κ3) is 5.15. The maximum Gasteiger partial charge on any atom is 0.289 e. The fraction of sp³-hybridized carbons (Fsp3) is 0.133. The van der Waals surface area contributed by atoms with Gasteiger partial charge in [-0.15, -0.1) is 0 Å². The highest BCUT2D eigenvalue weighted by atomic mass is 35.5. The molecule has 0 aliphatic carbocycles. The molecule has 0 heterocycles. The topological polar surface area (TPSA) is 106 Å². The number of hydrogen-bond donors (Lipinski definition) is 1. The number of rotatable bonds is 6. The first-order chi connectivity index (χ1) is 11.7. The van der Waals surface area contributed by atoms with Crippen LogP contribution >= 0.6 is 23.2 Å². The van der Waals surface area contributed by atoms with Crippen LogP contribution in [0.3, 0.4) is 0 Å². The van der Waals surface area contributed by atoms with E-state index in [0.29, 0.717) is 5.02 Å². The zero-order valence-corrected chi connectivity index (χ0v) is 14.9. The summed E-state index contributed by atoms with van der Waals surface area (Å²) in [6.07, 6.45) is -0.304. The molecule has 0 bridgehead atoms. The van der Waals surface area contributed by atoms with Crippen molar-refractivity contribution in [2.75, 3.05) is 11.1 Å². The number of benzene rings is 2. The SMILES string of the molecule is O=C(CCS(=O)(=O)c1ccc(Cl)cc1)Nc1ccc(Cl)c([N+](=O)[O-])c1. The number of nitro groups is 1. The van der Waals surface area contributed by atoms with Gasteiger partial charge in [-0.2, -0.15) is 0 Å². The highest BCUT2D eigenvalue weighted by molar-refractivity contribution is 7.91. The molecule has 7 nitrogen and oxygen atoms in total. The maximum absolute atomic E-state index is 12.2. The van der Waals surface area contributed by atoms with E-state index in [9.17, 15) is 23.3 Å². The Labute approximate surface area is 153 Å². The van der Waals surface area contributed by atoms with Crippen LogP contribution in [-0.2, 0) is 14.6 Å². The molecule has 0 saturated carbocycles. The minimum atomic E-state index is -3.64. The number of carbonyl (C=O) groups excluding carboxylic acids is 1. The lowest BCUT2D eigenvalue weighted by Gasteiger charge is -2.07. The Morgan fingerprint density at radius 2 is 1.76 bits per heavy atom. The van der Waals surface area contributed by atoms with Gasteiger partial charge in [-0.1, -0.05) is 23.2 Å². The average Bonchev–Trinajstić information content (AvgIpc) is 2.55. The summed E-state index contributed by atoms with van der Waals surface area (Å²) in [5.74, 6) is -0.995. The van der Waals surface area contributed by atoms with Crippen LogP contribution in [0.15, 0.2) is 47.4 Å². The minimum absolute atomic E-state index is 0.0617. The van der Waals surface area contributed by atoms with E-state index in [1.54, 1.807) is 0 Å². The minimum Gasteiger partial charge on any atom is -0.326 e. The van der Waals surface area contributed by atoms with Crippen LogP contribution in [0.2, 0.25) is 10.0 Å². The van der Waals surface area contributed by atoms with Gasteiger partial charge in [-0.3, -0.25) is 14.9 Å². The number of amides is 1. The molecule has 1 N–H and O–H groups in total. The summed E-state index contributed by atoms with van der Waals surface area (Å²) in [5.41, 5.74) is -0.196. The van der Waals surface area contributed by atoms with Crippen molar-refractivity contribution in [3.63, 3.8) is 0 Å². The summed E-state index contributed by atoms with van der Waals surface area (Å²) in [5, 5.41) is 13.6. The molecule has 0 aliphatic heterocycles. The van der Waals surface area contributed by atoms with Crippen molar-refractivity contribution >= 4 is 50.3 Å². The van der Waals surface area contributed by atoms with E-state index in [-0.39, 0.29) is 27.7 Å². The van der Waals surface area contributed by atoms with Gasteiger partial charge < -0.3 is 5.32 Å². The molecule has 25 heavy (non-hydrogen) atoms. The average molecular weight is 403 g/mol. The second-order valence-electron chi connectivity index (χ2n) is 4.99. The van der Waals surface area contributed by atoms with Gasteiger partial charge in [0.1, 0.15) is 5.02 Å². The van der Waals surface area contributed by atoms with Crippen LogP contribution in [0.1, 0.15) is 6.42 Å². The second-order valence-corrected chi connectivity index (χ2v) is 7.95. The van der Waals surface area contributed by atoms with Gasteiger partial charge in [-0.25, -0.2) is 8.42 Å². The second kappa shape index (κ2) is 7.81. The summed E-state index contributed by atoms with van der Waals surface area (Å²) >= 11 is 11.4. The van der Waals surface area contributed by atoms with E-state index in [1.165, 1.54) is 36.4 Å². The molecule has 0 saturated heterocycles. The molecule has 0 atom stereocenters. The Morgan fingerprint density at radius 3 is 2.36 bits per heavy atom. The van der Waals surface area contributed by atoms with Crippen LogP contribution in [-0.4, -0.2) is 25.0 Å². The maximum atomic E-state index is 12.2. The van der Waals surface area contributed by atoms with Gasteiger partial charge in [0.05, 0.1) is 15.6 Å². The number of nitrogens with zero attached hydrogens (tertiary/aromatic N) is 1. The molecule has 132 valence electrons. The van der Waals surface area contributed by atoms with Crippen LogP contribution in [0, 0.1) is 10.1 Å². The highest BCUT2D eigenvalue weighted by Crippen LogP contribution is 2.27. The van der Waals surface area contributed by atoms with E-state index in [4.69, 9.17) is 23.2 Å². The molecule has 2 aromatic carbocycles. The standard InChI is InChI=1S/C15H12Cl2N2O5S/c16-10-1-4-12(5-2-10)25(23,24)8-7-15(20)18-11-3-6-13(17)14(9-11)19(21)22/h1-6,9H,7-8H2,(H,18,20). The fourth-order valence-electron chi connectivity index (χ4n) is 1.94. The van der Waals surface area contributed by atoms with Crippen molar-refractivity contribution in [2.24, 2.45) is 0 Å². The van der Waals surface area contributed by atoms with Crippen molar-refractivity contribution in [3.05, 3.63) is 62.6 Å². The summed E-state index contributed by atoms with van der Waals surface area (Å²) in [6, 6.07) is 9.38. The van der Waals surface area contributed by atoms with Crippen LogP contribution in [0.5, 0.6) is 0 Å². The number of halogens is 2. The van der Waals surface area contributed by atoms with E-state index in [1.807, 2.05) is 0 Å². The molecule has 0 unspecified atom stereocenters. The molecule has 2 aromatic rings. The Hall–Kier alpha value is -2.16. The Kier molecular flexibility index (Phi) is 5.99. The lowest BCUT2D eigenvalue weighted by Crippen LogP contribution is -2.17. The number of nitrogens with one attached hydrogen (secondary N) is 1. The molecule has 10 heteroatoms. The first-order valence-corrected chi connectivity index (χ1v) is 9.32. The lowest BCUT2D eigenvalue weighted by atomic mass is 10.2. The summed E-state index contributed by atoms with van der Waals surface area (Å²) in [6.45, 7) is 0. The normalized spacial score (nSPS) is 11.1. The Morgan fingerprint density at radius 1 is 1.12 bits per heavy atom. The first-order valence-electron chi connectivity index (χ1n) is 6.91. The molecule has 0 radical (unpaired) electrons. The van der Waals surface area contributed by atoms with Gasteiger partial charge in [-0.05, 0) is 36.4 Å². The number of carbonyl (C=O) groups is 1. The van der Waals surface area contributed by atoms with Gasteiger partial charge >= 0.3 is 0 Å². The summed E-state index contributed by atoms with van der Waals surface area (Å²) in [4.78, 5) is 22.1. The lowest BCUT2D eigenvalue weighted by molar-refractivity contribution is -0.384. The van der Waals surface area contributed by atoms with Gasteiger partial charge in [0, 0.05) is 23.2 Å². The predicted octanol–water partition coefficient (Wildman–Crippen LogP) is 3.70. The monoisotopic (exact) mass is 402 g/mol. The van der Waals surface area contributed by atoms with E-state index in [0.717, 1.165) is 6.07 Å². The fourth-order valence-corrected chi connectivity index (χ4v) is 3.49. The third-order valence-electron chi connectivity index (χ3n) is 3.20. The molecule has 2 rings (SSSR count). The Bertz CT molecular complexity index is 914. The van der Waals surface area contributed by atoms with E-state index in [2.05, 4.69) is 5.32 Å². The van der Waals surface area contributed by atoms with Crippen molar-refractivity contribution in [3.8, 4) is 0 Å². The van der Waals surface area contributed by atoms with Crippen LogP contribution in [0.25, 0.3) is 0 Å². The van der Waals surface area contributed by atoms with Crippen molar-refractivity contribution in [1.82, 2.24) is 0 Å². The quantitative estimate of drug-likeness (QED) is 0.585. The number of anilines is 1. The van der Waals surface area contributed by atoms with Gasteiger partial charge in [0.15, 0.2) is 9.84 Å². The van der Waals surface area contributed by atoms with Crippen LogP contribution in [0.4, 0.5) is 11.4 Å². The van der Waals surface area contributed by atoms with Crippen molar-refractivity contribution in [2.45, 2.75) is 11.3 Å². The van der Waals surface area contributed by atoms with E-state index < -0.39 is 26.4 Å². The number of nitro benzene ring substituents is 1. The molecule has 0 aliphatic rings. The molecule has 0 spiro atoms. The molecule has 1 amide bonds. The van der Waals surface area contributed by atoms with Crippen molar-refractivity contribution in [1.29, 1.82) is 0 Å². The highest BCUT2D eigenvalue weighted by Gasteiger charge is 2.18. The van der Waals surface area contributed by atoms with Crippen LogP contribution < -0.4 is 5.32 Å². The zero-order valence-electron chi connectivity index (χ0n) is 12.6. The molecular formula is C15H12Cl2N2O5S. The largest absolute Gasteiger partial charge is 0.326 e. The van der Waals surface area contributed by atoms with E-state index >= 15 is 0 Å². The smallest absolute Gasteiger partial charge is 0.289 e. The molecular weight excluding hydrogens is 391 g/mol.